The molecule has 2 aromatic heterocycles. The number of fused-ring (bicyclic) bond motifs is 1. The smallest absolute Gasteiger partial charge is 0.188 e. The Kier molecular flexibility index (Phi) is 2.46. The molecule has 1 aliphatic heterocycles. The molecular weight excluding hydrogens is 241 g/mol. The molecule has 1 atom stereocenters. The Bertz CT molecular complexity index is 638. The fourth-order valence-electron chi connectivity index (χ4n) is 1.90. The number of rotatable bonds is 2. The molecule has 0 amide bonds. The number of aliphatic hydroxyl groups is 1. The second-order valence-corrected chi connectivity index (χ2v) is 3.86. The van der Waals surface area contributed by atoms with E-state index < -0.39 is 12.1 Å². The molecular formula is C10H10FN5O2. The molecule has 2 aromatic rings. The summed E-state index contributed by atoms with van der Waals surface area (Å²) in [6.07, 6.45) is 1.71. The van der Waals surface area contributed by atoms with Crippen molar-refractivity contribution in [2.45, 2.75) is 6.23 Å². The molecule has 1 aliphatic rings. The van der Waals surface area contributed by atoms with Gasteiger partial charge in [0.2, 0.25) is 0 Å². The average molecular weight is 251 g/mol. The number of aromatic nitrogens is 4. The van der Waals surface area contributed by atoms with Crippen molar-refractivity contribution >= 4 is 17.0 Å². The maximum absolute atomic E-state index is 13.9. The zero-order valence-electron chi connectivity index (χ0n) is 9.25. The first-order valence-electron chi connectivity index (χ1n) is 5.25. The summed E-state index contributed by atoms with van der Waals surface area (Å²) in [6, 6.07) is 0. The van der Waals surface area contributed by atoms with E-state index in [2.05, 4.69) is 15.0 Å². The number of hydrogen-bond acceptors (Lipinski definition) is 6. The van der Waals surface area contributed by atoms with Gasteiger partial charge in [-0.2, -0.15) is 0 Å². The van der Waals surface area contributed by atoms with Crippen LogP contribution >= 0.6 is 0 Å². The van der Waals surface area contributed by atoms with Crippen molar-refractivity contribution in [2.75, 3.05) is 18.9 Å². The lowest BCUT2D eigenvalue weighted by atomic mass is 10.3. The number of ether oxygens (including phenoxy) is 1. The SMILES string of the molecule is Nc1ncnc2ncn([C@H]3OCC(CO)=C3F)c12. The van der Waals surface area contributed by atoms with E-state index in [1.54, 1.807) is 0 Å². The fourth-order valence-corrected chi connectivity index (χ4v) is 1.90. The summed E-state index contributed by atoms with van der Waals surface area (Å²) in [4.78, 5) is 11.8. The topological polar surface area (TPSA) is 99.1 Å². The molecule has 3 N–H and O–H groups in total. The standard InChI is InChI=1S/C10H10FN5O2/c11-6-5(1-17)2-18-10(6)16-4-15-9-7(16)8(12)13-3-14-9/h3-4,10,17H,1-2H2,(H2,12,13,14)/t10-/m0/s1. The van der Waals surface area contributed by atoms with Crippen molar-refractivity contribution in [2.24, 2.45) is 0 Å². The predicted octanol–water partition coefficient (Wildman–Crippen LogP) is 0.153. The zero-order valence-corrected chi connectivity index (χ0v) is 9.25. The quantitative estimate of drug-likeness (QED) is 0.788. The number of anilines is 1. The van der Waals surface area contributed by atoms with E-state index in [1.165, 1.54) is 17.2 Å². The summed E-state index contributed by atoms with van der Waals surface area (Å²) >= 11 is 0. The van der Waals surface area contributed by atoms with Gasteiger partial charge in [0.05, 0.1) is 13.2 Å². The molecule has 0 aromatic carbocycles. The van der Waals surface area contributed by atoms with Gasteiger partial charge in [0.15, 0.2) is 23.5 Å². The summed E-state index contributed by atoms with van der Waals surface area (Å²) in [5, 5.41) is 8.97. The Morgan fingerprint density at radius 2 is 2.33 bits per heavy atom. The summed E-state index contributed by atoms with van der Waals surface area (Å²) < 4.78 is 20.6. The molecule has 94 valence electrons. The van der Waals surface area contributed by atoms with Crippen LogP contribution in [0.1, 0.15) is 6.23 Å². The predicted molar refractivity (Wildman–Crippen MR) is 59.9 cm³/mol. The maximum Gasteiger partial charge on any atom is 0.188 e. The highest BCUT2D eigenvalue weighted by Crippen LogP contribution is 2.33. The van der Waals surface area contributed by atoms with Gasteiger partial charge in [0.1, 0.15) is 18.2 Å². The van der Waals surface area contributed by atoms with Gasteiger partial charge in [-0.1, -0.05) is 0 Å². The van der Waals surface area contributed by atoms with E-state index in [0.717, 1.165) is 0 Å². The second-order valence-electron chi connectivity index (χ2n) is 3.86. The maximum atomic E-state index is 13.9. The molecule has 0 radical (unpaired) electrons. The van der Waals surface area contributed by atoms with Crippen molar-refractivity contribution in [3.05, 3.63) is 24.1 Å². The number of imidazole rings is 1. The number of hydrogen-bond donors (Lipinski definition) is 2. The fraction of sp³-hybridized carbons (Fsp3) is 0.300. The normalized spacial score (nSPS) is 20.0. The third-order valence-corrected chi connectivity index (χ3v) is 2.81. The first-order chi connectivity index (χ1) is 8.72. The number of nitrogen functional groups attached to an aromatic ring is 1. The third kappa shape index (κ3) is 1.46. The van der Waals surface area contributed by atoms with Gasteiger partial charge in [0.25, 0.3) is 0 Å². The lowest BCUT2D eigenvalue weighted by molar-refractivity contribution is 0.0564. The van der Waals surface area contributed by atoms with Crippen LogP contribution in [-0.4, -0.2) is 37.8 Å². The minimum Gasteiger partial charge on any atom is -0.392 e. The minimum atomic E-state index is -0.967. The Balaban J connectivity index is 2.14. The van der Waals surface area contributed by atoms with Crippen molar-refractivity contribution < 1.29 is 14.2 Å². The largest absolute Gasteiger partial charge is 0.392 e. The highest BCUT2D eigenvalue weighted by atomic mass is 19.1. The van der Waals surface area contributed by atoms with E-state index in [0.29, 0.717) is 11.2 Å². The molecule has 0 saturated carbocycles. The van der Waals surface area contributed by atoms with E-state index in [-0.39, 0.29) is 24.6 Å². The Labute approximate surface area is 101 Å². The monoisotopic (exact) mass is 251 g/mol. The van der Waals surface area contributed by atoms with Crippen LogP contribution < -0.4 is 5.73 Å². The number of halogens is 1. The molecule has 18 heavy (non-hydrogen) atoms. The molecule has 8 heteroatoms. The molecule has 0 spiro atoms. The van der Waals surface area contributed by atoms with Crippen LogP contribution in [0.3, 0.4) is 0 Å². The summed E-state index contributed by atoms with van der Waals surface area (Å²) in [5.41, 5.74) is 6.73. The van der Waals surface area contributed by atoms with Gasteiger partial charge in [-0.15, -0.1) is 0 Å². The van der Waals surface area contributed by atoms with Crippen molar-refractivity contribution in [1.29, 1.82) is 0 Å². The minimum absolute atomic E-state index is 0.0419. The van der Waals surface area contributed by atoms with Gasteiger partial charge < -0.3 is 15.6 Å². The Morgan fingerprint density at radius 1 is 1.50 bits per heavy atom. The summed E-state index contributed by atoms with van der Waals surface area (Å²) in [6.45, 7) is -0.332. The summed E-state index contributed by atoms with van der Waals surface area (Å²) in [5.74, 6) is -0.327. The molecule has 0 aliphatic carbocycles. The number of aliphatic hydroxyl groups excluding tert-OH is 1. The highest BCUT2D eigenvalue weighted by molar-refractivity contribution is 5.81. The molecule has 3 heterocycles. The van der Waals surface area contributed by atoms with Gasteiger partial charge >= 0.3 is 0 Å². The molecule has 0 fully saturated rings. The van der Waals surface area contributed by atoms with Crippen molar-refractivity contribution in [3.8, 4) is 0 Å². The van der Waals surface area contributed by atoms with E-state index in [1.807, 2.05) is 0 Å². The molecule has 3 rings (SSSR count). The van der Waals surface area contributed by atoms with Crippen molar-refractivity contribution in [1.82, 2.24) is 19.5 Å². The van der Waals surface area contributed by atoms with Crippen LogP contribution in [0.25, 0.3) is 11.2 Å². The van der Waals surface area contributed by atoms with E-state index in [9.17, 15) is 4.39 Å². The molecule has 7 nitrogen and oxygen atoms in total. The lowest BCUT2D eigenvalue weighted by Gasteiger charge is -2.12. The van der Waals surface area contributed by atoms with Crippen LogP contribution in [0, 0.1) is 0 Å². The molecule has 0 bridgehead atoms. The molecule has 0 unspecified atom stereocenters. The lowest BCUT2D eigenvalue weighted by Crippen LogP contribution is -2.09. The Morgan fingerprint density at radius 3 is 3.06 bits per heavy atom. The van der Waals surface area contributed by atoms with Crippen LogP contribution in [0.5, 0.6) is 0 Å². The average Bonchev–Trinajstić information content (AvgIpc) is 2.93. The van der Waals surface area contributed by atoms with E-state index >= 15 is 0 Å². The van der Waals surface area contributed by atoms with Crippen LogP contribution in [0.2, 0.25) is 0 Å². The molecule has 0 saturated heterocycles. The van der Waals surface area contributed by atoms with Gasteiger partial charge in [-0.3, -0.25) is 4.57 Å². The zero-order chi connectivity index (χ0) is 12.7. The highest BCUT2D eigenvalue weighted by Gasteiger charge is 2.29. The third-order valence-electron chi connectivity index (χ3n) is 2.81. The van der Waals surface area contributed by atoms with Gasteiger partial charge in [-0.25, -0.2) is 19.3 Å². The first-order valence-corrected chi connectivity index (χ1v) is 5.25. The van der Waals surface area contributed by atoms with Gasteiger partial charge in [0, 0.05) is 5.57 Å². The van der Waals surface area contributed by atoms with Crippen LogP contribution in [0.15, 0.2) is 24.1 Å². The Hall–Kier alpha value is -2.06. The first kappa shape index (κ1) is 11.1. The van der Waals surface area contributed by atoms with Crippen LogP contribution in [0.4, 0.5) is 10.2 Å². The van der Waals surface area contributed by atoms with Crippen LogP contribution in [-0.2, 0) is 4.74 Å². The van der Waals surface area contributed by atoms with E-state index in [4.69, 9.17) is 15.6 Å². The van der Waals surface area contributed by atoms with Gasteiger partial charge in [-0.05, 0) is 0 Å². The number of nitrogens with zero attached hydrogens (tertiary/aromatic N) is 4. The second kappa shape index (κ2) is 4.00. The number of nitrogens with two attached hydrogens (primary N) is 1. The van der Waals surface area contributed by atoms with Crippen molar-refractivity contribution in [3.63, 3.8) is 0 Å². The summed E-state index contributed by atoms with van der Waals surface area (Å²) in [7, 11) is 0.